The Kier molecular flexibility index (Phi) is 4.52. The minimum atomic E-state index is 0.109. The van der Waals surface area contributed by atoms with Gasteiger partial charge >= 0.3 is 0 Å². The van der Waals surface area contributed by atoms with Crippen LogP contribution in [0.4, 0.5) is 17.5 Å². The Hall–Kier alpha value is -2.80. The first-order valence-electron chi connectivity index (χ1n) is 7.31. The minimum absolute atomic E-state index is 0.109. The van der Waals surface area contributed by atoms with Crippen LogP contribution < -0.4 is 16.8 Å². The summed E-state index contributed by atoms with van der Waals surface area (Å²) in [6.07, 6.45) is 0. The standard InChI is InChI=1S/C16H17ClN6O/c1-9-5-6-12(24-9)14-13(18)15(23-16(19)22-14)20-8-11-4-2-3-10(7-17)21-11/h2-6H,7-8,18H2,1H3,(H3,19,20,22,23). The van der Waals surface area contributed by atoms with E-state index in [0.29, 0.717) is 35.4 Å². The molecule has 24 heavy (non-hydrogen) atoms. The number of aromatic nitrogens is 3. The van der Waals surface area contributed by atoms with Gasteiger partial charge in [-0.3, -0.25) is 4.98 Å². The smallest absolute Gasteiger partial charge is 0.222 e. The first-order chi connectivity index (χ1) is 11.6. The number of alkyl halides is 1. The molecule has 3 aromatic heterocycles. The molecule has 0 aliphatic heterocycles. The van der Waals surface area contributed by atoms with Crippen molar-refractivity contribution in [1.82, 2.24) is 15.0 Å². The van der Waals surface area contributed by atoms with Crippen LogP contribution in [0.1, 0.15) is 17.1 Å². The van der Waals surface area contributed by atoms with Crippen molar-refractivity contribution < 1.29 is 4.42 Å². The zero-order chi connectivity index (χ0) is 17.1. The Morgan fingerprint density at radius 2 is 1.88 bits per heavy atom. The average molecular weight is 345 g/mol. The summed E-state index contributed by atoms with van der Waals surface area (Å²) in [5, 5.41) is 3.13. The molecule has 5 N–H and O–H groups in total. The molecule has 0 saturated carbocycles. The lowest BCUT2D eigenvalue weighted by Crippen LogP contribution is -2.10. The fourth-order valence-corrected chi connectivity index (χ4v) is 2.40. The minimum Gasteiger partial charge on any atom is -0.460 e. The quantitative estimate of drug-likeness (QED) is 0.609. The van der Waals surface area contributed by atoms with Gasteiger partial charge in [0.25, 0.3) is 0 Å². The van der Waals surface area contributed by atoms with Crippen molar-refractivity contribution >= 4 is 29.1 Å². The Balaban J connectivity index is 1.86. The fourth-order valence-electron chi connectivity index (χ4n) is 2.25. The third-order valence-electron chi connectivity index (χ3n) is 3.38. The van der Waals surface area contributed by atoms with Gasteiger partial charge in [0.05, 0.1) is 23.8 Å². The average Bonchev–Trinajstić information content (AvgIpc) is 3.01. The van der Waals surface area contributed by atoms with E-state index in [1.807, 2.05) is 31.2 Å². The van der Waals surface area contributed by atoms with Gasteiger partial charge in [0.2, 0.25) is 5.95 Å². The SMILES string of the molecule is Cc1ccc(-c2nc(N)nc(NCc3cccc(CCl)n3)c2N)o1. The van der Waals surface area contributed by atoms with Crippen molar-refractivity contribution in [3.63, 3.8) is 0 Å². The first-order valence-corrected chi connectivity index (χ1v) is 7.84. The van der Waals surface area contributed by atoms with Gasteiger partial charge in [0.1, 0.15) is 17.1 Å². The molecular formula is C16H17ClN6O. The number of nitrogens with zero attached hydrogens (tertiary/aromatic N) is 3. The molecule has 3 heterocycles. The number of furan rings is 1. The van der Waals surface area contributed by atoms with E-state index in [4.69, 9.17) is 27.5 Å². The molecular weight excluding hydrogens is 328 g/mol. The monoisotopic (exact) mass is 344 g/mol. The Morgan fingerprint density at radius 3 is 2.58 bits per heavy atom. The highest BCUT2D eigenvalue weighted by Crippen LogP contribution is 2.30. The lowest BCUT2D eigenvalue weighted by atomic mass is 10.2. The predicted molar refractivity (Wildman–Crippen MR) is 94.4 cm³/mol. The largest absolute Gasteiger partial charge is 0.460 e. The second kappa shape index (κ2) is 6.76. The summed E-state index contributed by atoms with van der Waals surface area (Å²) >= 11 is 5.80. The van der Waals surface area contributed by atoms with E-state index in [0.717, 1.165) is 17.1 Å². The fraction of sp³-hybridized carbons (Fsp3) is 0.188. The molecule has 7 nitrogen and oxygen atoms in total. The van der Waals surface area contributed by atoms with Gasteiger partial charge in [-0.2, -0.15) is 4.98 Å². The number of hydrogen-bond donors (Lipinski definition) is 3. The Morgan fingerprint density at radius 1 is 1.08 bits per heavy atom. The number of anilines is 3. The summed E-state index contributed by atoms with van der Waals surface area (Å²) in [5.74, 6) is 2.21. The van der Waals surface area contributed by atoms with Crippen molar-refractivity contribution in [2.45, 2.75) is 19.3 Å². The van der Waals surface area contributed by atoms with Gasteiger partial charge in [-0.05, 0) is 31.2 Å². The molecule has 0 atom stereocenters. The van der Waals surface area contributed by atoms with E-state index in [1.54, 1.807) is 6.07 Å². The molecule has 0 amide bonds. The van der Waals surface area contributed by atoms with Crippen LogP contribution >= 0.6 is 11.6 Å². The number of nitrogen functional groups attached to an aromatic ring is 2. The van der Waals surface area contributed by atoms with Crippen molar-refractivity contribution in [2.24, 2.45) is 0 Å². The number of rotatable bonds is 5. The molecule has 0 spiro atoms. The van der Waals surface area contributed by atoms with E-state index >= 15 is 0 Å². The summed E-state index contributed by atoms with van der Waals surface area (Å²) in [5.41, 5.74) is 14.4. The topological polar surface area (TPSA) is 116 Å². The van der Waals surface area contributed by atoms with Crippen LogP contribution in [0, 0.1) is 6.92 Å². The number of hydrogen-bond acceptors (Lipinski definition) is 7. The third kappa shape index (κ3) is 3.41. The van der Waals surface area contributed by atoms with Gasteiger partial charge in [-0.25, -0.2) is 4.98 Å². The molecule has 0 fully saturated rings. The highest BCUT2D eigenvalue weighted by atomic mass is 35.5. The van der Waals surface area contributed by atoms with Crippen molar-refractivity contribution in [3.8, 4) is 11.5 Å². The number of halogens is 1. The maximum absolute atomic E-state index is 6.17. The van der Waals surface area contributed by atoms with E-state index in [-0.39, 0.29) is 5.95 Å². The lowest BCUT2D eigenvalue weighted by molar-refractivity contribution is 0.546. The zero-order valence-electron chi connectivity index (χ0n) is 13.1. The highest BCUT2D eigenvalue weighted by molar-refractivity contribution is 6.16. The zero-order valence-corrected chi connectivity index (χ0v) is 13.8. The van der Waals surface area contributed by atoms with Crippen LogP contribution in [0.5, 0.6) is 0 Å². The van der Waals surface area contributed by atoms with Crippen LogP contribution in [0.15, 0.2) is 34.7 Å². The summed E-state index contributed by atoms with van der Waals surface area (Å²) in [4.78, 5) is 12.7. The molecule has 124 valence electrons. The molecule has 0 bridgehead atoms. The maximum Gasteiger partial charge on any atom is 0.222 e. The van der Waals surface area contributed by atoms with Gasteiger partial charge < -0.3 is 21.2 Å². The number of nitrogens with two attached hydrogens (primary N) is 2. The highest BCUT2D eigenvalue weighted by Gasteiger charge is 2.15. The molecule has 0 aliphatic carbocycles. The number of pyridine rings is 1. The van der Waals surface area contributed by atoms with Crippen molar-refractivity contribution in [3.05, 3.63) is 47.5 Å². The first kappa shape index (κ1) is 16.1. The lowest BCUT2D eigenvalue weighted by Gasteiger charge is -2.11. The van der Waals surface area contributed by atoms with E-state index < -0.39 is 0 Å². The molecule has 0 aliphatic rings. The Labute approximate surface area is 144 Å². The summed E-state index contributed by atoms with van der Waals surface area (Å²) in [6.45, 7) is 2.28. The molecule has 0 radical (unpaired) electrons. The normalized spacial score (nSPS) is 10.8. The molecule has 3 aromatic rings. The van der Waals surface area contributed by atoms with Crippen molar-refractivity contribution in [2.75, 3.05) is 16.8 Å². The number of nitrogens with one attached hydrogen (secondary N) is 1. The van der Waals surface area contributed by atoms with Crippen LogP contribution in [-0.4, -0.2) is 15.0 Å². The summed E-state index contributed by atoms with van der Waals surface area (Å²) < 4.78 is 5.57. The van der Waals surface area contributed by atoms with Crippen LogP contribution in [0.25, 0.3) is 11.5 Å². The van der Waals surface area contributed by atoms with Gasteiger partial charge in [0, 0.05) is 0 Å². The van der Waals surface area contributed by atoms with Gasteiger partial charge in [0.15, 0.2) is 11.6 Å². The second-order valence-electron chi connectivity index (χ2n) is 5.21. The van der Waals surface area contributed by atoms with Gasteiger partial charge in [-0.1, -0.05) is 6.07 Å². The van der Waals surface area contributed by atoms with Crippen LogP contribution in [0.2, 0.25) is 0 Å². The van der Waals surface area contributed by atoms with Crippen LogP contribution in [0.3, 0.4) is 0 Å². The Bertz CT molecular complexity index is 864. The molecule has 8 heteroatoms. The maximum atomic E-state index is 6.17. The van der Waals surface area contributed by atoms with Crippen LogP contribution in [-0.2, 0) is 12.4 Å². The summed E-state index contributed by atoms with van der Waals surface area (Å²) in [6, 6.07) is 9.28. The molecule has 0 saturated heterocycles. The molecule has 0 unspecified atom stereocenters. The number of aryl methyl sites for hydroxylation is 1. The predicted octanol–water partition coefficient (Wildman–Crippen LogP) is 2.96. The van der Waals surface area contributed by atoms with E-state index in [2.05, 4.69) is 20.3 Å². The summed E-state index contributed by atoms with van der Waals surface area (Å²) in [7, 11) is 0. The van der Waals surface area contributed by atoms with Gasteiger partial charge in [-0.15, -0.1) is 11.6 Å². The van der Waals surface area contributed by atoms with E-state index in [9.17, 15) is 0 Å². The van der Waals surface area contributed by atoms with E-state index in [1.165, 1.54) is 0 Å². The molecule has 0 aromatic carbocycles. The molecule has 3 rings (SSSR count). The second-order valence-corrected chi connectivity index (χ2v) is 5.48. The third-order valence-corrected chi connectivity index (χ3v) is 3.65. The van der Waals surface area contributed by atoms with Crippen molar-refractivity contribution in [1.29, 1.82) is 0 Å².